The third-order valence-electron chi connectivity index (χ3n) is 3.50. The van der Waals surface area contributed by atoms with Crippen molar-refractivity contribution in [1.29, 1.82) is 0 Å². The van der Waals surface area contributed by atoms with Gasteiger partial charge in [0.25, 0.3) is 5.91 Å². The van der Waals surface area contributed by atoms with Gasteiger partial charge in [0.1, 0.15) is 17.0 Å². The van der Waals surface area contributed by atoms with Crippen LogP contribution in [0.15, 0.2) is 6.33 Å². The van der Waals surface area contributed by atoms with Crippen molar-refractivity contribution in [3.05, 3.63) is 17.0 Å². The predicted molar refractivity (Wildman–Crippen MR) is 80.0 cm³/mol. The number of rotatable bonds is 5. The number of aromatic nitrogens is 4. The van der Waals surface area contributed by atoms with Gasteiger partial charge in [-0.1, -0.05) is 11.3 Å². The molecule has 112 valence electrons. The SMILES string of the molecule is Cn1cnnc1CNC(=O)c1sc(NC2CCC2)nc1N. The number of nitrogens with zero attached hydrogens (tertiary/aromatic N) is 4. The molecule has 1 amide bonds. The molecule has 0 unspecified atom stereocenters. The lowest BCUT2D eigenvalue weighted by Gasteiger charge is -2.25. The molecule has 8 nitrogen and oxygen atoms in total. The number of amides is 1. The Balaban J connectivity index is 1.62. The second-order valence-electron chi connectivity index (χ2n) is 5.05. The van der Waals surface area contributed by atoms with Gasteiger partial charge >= 0.3 is 0 Å². The van der Waals surface area contributed by atoms with Crippen LogP contribution < -0.4 is 16.4 Å². The molecule has 3 rings (SSSR count). The van der Waals surface area contributed by atoms with Crippen molar-refractivity contribution < 1.29 is 4.79 Å². The molecule has 1 saturated carbocycles. The van der Waals surface area contributed by atoms with Crippen molar-refractivity contribution in [3.8, 4) is 0 Å². The highest BCUT2D eigenvalue weighted by atomic mass is 32.1. The van der Waals surface area contributed by atoms with E-state index in [9.17, 15) is 4.79 Å². The van der Waals surface area contributed by atoms with Crippen molar-refractivity contribution in [1.82, 2.24) is 25.1 Å². The van der Waals surface area contributed by atoms with Gasteiger partial charge in [0.05, 0.1) is 6.54 Å². The minimum atomic E-state index is -0.241. The topological polar surface area (TPSA) is 111 Å². The van der Waals surface area contributed by atoms with E-state index in [-0.39, 0.29) is 11.7 Å². The lowest BCUT2D eigenvalue weighted by Crippen LogP contribution is -2.26. The van der Waals surface area contributed by atoms with E-state index in [0.29, 0.717) is 28.4 Å². The molecule has 4 N–H and O–H groups in total. The Kier molecular flexibility index (Phi) is 3.74. The van der Waals surface area contributed by atoms with Crippen LogP contribution in [0, 0.1) is 0 Å². The van der Waals surface area contributed by atoms with Crippen molar-refractivity contribution in [2.75, 3.05) is 11.1 Å². The van der Waals surface area contributed by atoms with Crippen molar-refractivity contribution in [2.24, 2.45) is 7.05 Å². The predicted octanol–water partition coefficient (Wildman–Crippen LogP) is 0.748. The molecule has 9 heteroatoms. The van der Waals surface area contributed by atoms with Gasteiger partial charge in [0.15, 0.2) is 11.0 Å². The number of thiazole rings is 1. The molecule has 21 heavy (non-hydrogen) atoms. The van der Waals surface area contributed by atoms with Gasteiger partial charge in [-0.25, -0.2) is 4.98 Å². The van der Waals surface area contributed by atoms with Crippen LogP contribution >= 0.6 is 11.3 Å². The molecule has 0 bridgehead atoms. The number of nitrogens with one attached hydrogen (secondary N) is 2. The summed E-state index contributed by atoms with van der Waals surface area (Å²) >= 11 is 1.28. The van der Waals surface area contributed by atoms with Gasteiger partial charge in [-0.05, 0) is 19.3 Å². The second-order valence-corrected chi connectivity index (χ2v) is 6.05. The minimum Gasteiger partial charge on any atom is -0.382 e. The van der Waals surface area contributed by atoms with Crippen molar-refractivity contribution in [2.45, 2.75) is 31.8 Å². The van der Waals surface area contributed by atoms with Crippen LogP contribution in [0.1, 0.15) is 34.8 Å². The van der Waals surface area contributed by atoms with Gasteiger partial charge < -0.3 is 20.9 Å². The molecule has 0 aliphatic heterocycles. The summed E-state index contributed by atoms with van der Waals surface area (Å²) in [5.41, 5.74) is 5.82. The van der Waals surface area contributed by atoms with Crippen molar-refractivity contribution in [3.63, 3.8) is 0 Å². The average Bonchev–Trinajstić information content (AvgIpc) is 2.97. The smallest absolute Gasteiger partial charge is 0.265 e. The molecule has 1 aliphatic carbocycles. The first-order chi connectivity index (χ1) is 10.1. The molecule has 2 heterocycles. The van der Waals surface area contributed by atoms with E-state index >= 15 is 0 Å². The normalized spacial score (nSPS) is 14.7. The summed E-state index contributed by atoms with van der Waals surface area (Å²) < 4.78 is 1.75. The van der Waals surface area contributed by atoms with E-state index in [2.05, 4.69) is 25.8 Å². The standard InChI is InChI=1S/C12H17N7OS/c1-19-6-15-18-8(19)5-14-11(20)9-10(13)17-12(21-9)16-7-3-2-4-7/h6-7H,2-5,13H2,1H3,(H,14,20)(H,16,17). The molecule has 0 aromatic carbocycles. The number of carbonyl (C=O) groups is 1. The van der Waals surface area contributed by atoms with Gasteiger partial charge in [-0.3, -0.25) is 4.79 Å². The number of nitrogen functional groups attached to an aromatic ring is 1. The number of hydrogen-bond donors (Lipinski definition) is 3. The lowest BCUT2D eigenvalue weighted by molar-refractivity contribution is 0.0954. The molecule has 2 aromatic rings. The first-order valence-corrected chi connectivity index (χ1v) is 7.59. The van der Waals surface area contributed by atoms with Crippen LogP contribution in [-0.4, -0.2) is 31.7 Å². The Bertz CT molecular complexity index is 646. The molecule has 0 saturated heterocycles. The minimum absolute atomic E-state index is 0.241. The Hall–Kier alpha value is -2.16. The molecule has 2 aromatic heterocycles. The van der Waals surface area contributed by atoms with E-state index in [1.54, 1.807) is 10.9 Å². The van der Waals surface area contributed by atoms with Gasteiger partial charge in [-0.15, -0.1) is 10.2 Å². The maximum atomic E-state index is 12.1. The number of aryl methyl sites for hydroxylation is 1. The van der Waals surface area contributed by atoms with Crippen LogP contribution in [0.25, 0.3) is 0 Å². The van der Waals surface area contributed by atoms with E-state index in [0.717, 1.165) is 12.8 Å². The highest BCUT2D eigenvalue weighted by Crippen LogP contribution is 2.29. The molecule has 0 radical (unpaired) electrons. The van der Waals surface area contributed by atoms with Crippen LogP contribution in [0.5, 0.6) is 0 Å². The maximum Gasteiger partial charge on any atom is 0.265 e. The zero-order chi connectivity index (χ0) is 14.8. The van der Waals surface area contributed by atoms with Crippen LogP contribution in [0.2, 0.25) is 0 Å². The summed E-state index contributed by atoms with van der Waals surface area (Å²) in [7, 11) is 1.82. The Morgan fingerprint density at radius 1 is 1.57 bits per heavy atom. The average molecular weight is 307 g/mol. The van der Waals surface area contributed by atoms with E-state index in [4.69, 9.17) is 5.73 Å². The lowest BCUT2D eigenvalue weighted by atomic mass is 9.93. The summed E-state index contributed by atoms with van der Waals surface area (Å²) in [5, 5.41) is 14.5. The zero-order valence-corrected chi connectivity index (χ0v) is 12.5. The highest BCUT2D eigenvalue weighted by Gasteiger charge is 2.21. The molecule has 0 spiro atoms. The van der Waals surface area contributed by atoms with E-state index in [1.165, 1.54) is 17.8 Å². The maximum absolute atomic E-state index is 12.1. The summed E-state index contributed by atoms with van der Waals surface area (Å²) in [6, 6.07) is 0.463. The van der Waals surface area contributed by atoms with Crippen molar-refractivity contribution >= 4 is 28.2 Å². The third kappa shape index (κ3) is 2.97. The molecular weight excluding hydrogens is 290 g/mol. The van der Waals surface area contributed by atoms with Gasteiger partial charge in [-0.2, -0.15) is 0 Å². The van der Waals surface area contributed by atoms with E-state index < -0.39 is 0 Å². The van der Waals surface area contributed by atoms with Crippen LogP contribution in [-0.2, 0) is 13.6 Å². The fourth-order valence-corrected chi connectivity index (χ4v) is 2.87. The molecular formula is C12H17N7OS. The Labute approximate surface area is 125 Å². The van der Waals surface area contributed by atoms with E-state index in [1.807, 2.05) is 7.05 Å². The first-order valence-electron chi connectivity index (χ1n) is 6.77. The highest BCUT2D eigenvalue weighted by molar-refractivity contribution is 7.18. The fourth-order valence-electron chi connectivity index (χ4n) is 1.99. The first kappa shape index (κ1) is 13.8. The quantitative estimate of drug-likeness (QED) is 0.751. The summed E-state index contributed by atoms with van der Waals surface area (Å²) in [5.74, 6) is 0.700. The Morgan fingerprint density at radius 2 is 2.38 bits per heavy atom. The van der Waals surface area contributed by atoms with Crippen LogP contribution in [0.4, 0.5) is 10.9 Å². The molecule has 1 fully saturated rings. The second kappa shape index (κ2) is 5.68. The monoisotopic (exact) mass is 307 g/mol. The van der Waals surface area contributed by atoms with Gasteiger partial charge in [0.2, 0.25) is 0 Å². The summed E-state index contributed by atoms with van der Waals surface area (Å²) in [4.78, 5) is 16.8. The largest absolute Gasteiger partial charge is 0.382 e. The van der Waals surface area contributed by atoms with Crippen LogP contribution in [0.3, 0.4) is 0 Å². The number of carbonyl (C=O) groups excluding carboxylic acids is 1. The van der Waals surface area contributed by atoms with Gasteiger partial charge in [0, 0.05) is 13.1 Å². The third-order valence-corrected chi connectivity index (χ3v) is 4.51. The summed E-state index contributed by atoms with van der Waals surface area (Å²) in [6.45, 7) is 0.304. The molecule has 0 atom stereocenters. The molecule has 1 aliphatic rings. The number of anilines is 2. The summed E-state index contributed by atoms with van der Waals surface area (Å²) in [6.07, 6.45) is 5.12. The fraction of sp³-hybridized carbons (Fsp3) is 0.500. The zero-order valence-electron chi connectivity index (χ0n) is 11.7. The number of nitrogens with two attached hydrogens (primary N) is 1. The number of hydrogen-bond acceptors (Lipinski definition) is 7. The Morgan fingerprint density at radius 3 is 3.00 bits per heavy atom.